The molecule has 0 aliphatic heterocycles. The highest BCUT2D eigenvalue weighted by molar-refractivity contribution is 7.89. The number of rotatable bonds is 9. The molecule has 1 fully saturated rings. The monoisotopic (exact) mass is 312 g/mol. The minimum Gasteiger partial charge on any atom is -0.494 e. The van der Waals surface area contributed by atoms with E-state index in [0.29, 0.717) is 24.1 Å². The van der Waals surface area contributed by atoms with Crippen LogP contribution in [0.2, 0.25) is 0 Å². The van der Waals surface area contributed by atoms with Crippen LogP contribution in [0.15, 0.2) is 23.1 Å². The number of sulfonamides is 1. The quantitative estimate of drug-likeness (QED) is 0.683. The molecule has 1 aromatic carbocycles. The Labute approximate surface area is 127 Å². The maximum atomic E-state index is 12.2. The SMILES string of the molecule is CCOc1ccc(S(=O)(=O)NCCCNC2CC2)cc1C. The minimum atomic E-state index is -3.43. The third-order valence-electron chi connectivity index (χ3n) is 3.41. The van der Waals surface area contributed by atoms with Crippen LogP contribution in [-0.2, 0) is 10.0 Å². The lowest BCUT2D eigenvalue weighted by atomic mass is 10.2. The van der Waals surface area contributed by atoms with E-state index in [-0.39, 0.29) is 0 Å². The first-order valence-corrected chi connectivity index (χ1v) is 8.97. The molecular formula is C15H24N2O3S. The molecule has 0 radical (unpaired) electrons. The fourth-order valence-electron chi connectivity index (χ4n) is 2.08. The molecule has 2 rings (SSSR count). The van der Waals surface area contributed by atoms with Crippen LogP contribution in [0, 0.1) is 6.92 Å². The fraction of sp³-hybridized carbons (Fsp3) is 0.600. The zero-order chi connectivity index (χ0) is 15.3. The number of benzene rings is 1. The summed E-state index contributed by atoms with van der Waals surface area (Å²) in [7, 11) is -3.43. The summed E-state index contributed by atoms with van der Waals surface area (Å²) in [6, 6.07) is 5.61. The molecule has 0 saturated heterocycles. The molecule has 1 aliphatic rings. The van der Waals surface area contributed by atoms with Crippen molar-refractivity contribution in [2.24, 2.45) is 0 Å². The van der Waals surface area contributed by atoms with Gasteiger partial charge in [0.2, 0.25) is 10.0 Å². The zero-order valence-electron chi connectivity index (χ0n) is 12.7. The first-order valence-electron chi connectivity index (χ1n) is 7.49. The molecule has 5 nitrogen and oxygen atoms in total. The molecule has 2 N–H and O–H groups in total. The predicted octanol–water partition coefficient (Wildman–Crippen LogP) is 1.81. The number of hydrogen-bond donors (Lipinski definition) is 2. The van der Waals surface area contributed by atoms with Crippen LogP contribution in [-0.4, -0.2) is 34.2 Å². The first-order chi connectivity index (χ1) is 10.0. The average molecular weight is 312 g/mol. The van der Waals surface area contributed by atoms with Crippen LogP contribution < -0.4 is 14.8 Å². The molecule has 0 amide bonds. The zero-order valence-corrected chi connectivity index (χ0v) is 13.5. The fourth-order valence-corrected chi connectivity index (χ4v) is 3.24. The Morgan fingerprint density at radius 2 is 2.05 bits per heavy atom. The number of ether oxygens (including phenoxy) is 1. The molecule has 1 aliphatic carbocycles. The number of nitrogens with one attached hydrogen (secondary N) is 2. The van der Waals surface area contributed by atoms with E-state index in [2.05, 4.69) is 10.0 Å². The molecule has 0 spiro atoms. The van der Waals surface area contributed by atoms with Crippen molar-refractivity contribution >= 4 is 10.0 Å². The van der Waals surface area contributed by atoms with Crippen molar-refractivity contribution in [2.45, 2.75) is 44.0 Å². The Morgan fingerprint density at radius 1 is 1.29 bits per heavy atom. The van der Waals surface area contributed by atoms with Gasteiger partial charge < -0.3 is 10.1 Å². The van der Waals surface area contributed by atoms with Crippen molar-refractivity contribution in [3.63, 3.8) is 0 Å². The smallest absolute Gasteiger partial charge is 0.240 e. The van der Waals surface area contributed by atoms with Crippen LogP contribution in [0.4, 0.5) is 0 Å². The summed E-state index contributed by atoms with van der Waals surface area (Å²) in [5.74, 6) is 0.727. The second-order valence-corrected chi connectivity index (χ2v) is 7.11. The van der Waals surface area contributed by atoms with Gasteiger partial charge in [0, 0.05) is 12.6 Å². The van der Waals surface area contributed by atoms with Crippen LogP contribution in [0.1, 0.15) is 31.7 Å². The van der Waals surface area contributed by atoms with Crippen LogP contribution in [0.3, 0.4) is 0 Å². The van der Waals surface area contributed by atoms with Crippen LogP contribution in [0.5, 0.6) is 5.75 Å². The molecule has 6 heteroatoms. The first kappa shape index (κ1) is 16.3. The number of hydrogen-bond acceptors (Lipinski definition) is 4. The van der Waals surface area contributed by atoms with E-state index in [9.17, 15) is 8.42 Å². The Kier molecular flexibility index (Phi) is 5.61. The molecule has 1 saturated carbocycles. The van der Waals surface area contributed by atoms with E-state index in [0.717, 1.165) is 24.3 Å². The second-order valence-electron chi connectivity index (χ2n) is 5.34. The highest BCUT2D eigenvalue weighted by Crippen LogP contribution is 2.21. The molecule has 118 valence electrons. The molecular weight excluding hydrogens is 288 g/mol. The minimum absolute atomic E-state index is 0.290. The van der Waals surface area contributed by atoms with Gasteiger partial charge in [0.1, 0.15) is 5.75 Å². The molecule has 0 unspecified atom stereocenters. The van der Waals surface area contributed by atoms with Crippen molar-refractivity contribution in [3.8, 4) is 5.75 Å². The van der Waals surface area contributed by atoms with Crippen LogP contribution in [0.25, 0.3) is 0 Å². The third kappa shape index (κ3) is 4.98. The van der Waals surface area contributed by atoms with E-state index in [4.69, 9.17) is 4.74 Å². The van der Waals surface area contributed by atoms with Gasteiger partial charge in [-0.1, -0.05) is 0 Å². The van der Waals surface area contributed by atoms with Gasteiger partial charge >= 0.3 is 0 Å². The predicted molar refractivity (Wildman–Crippen MR) is 83.2 cm³/mol. The van der Waals surface area contributed by atoms with Crippen molar-refractivity contribution in [3.05, 3.63) is 23.8 Å². The standard InChI is InChI=1S/C15H24N2O3S/c1-3-20-15-8-7-14(11-12(15)2)21(18,19)17-10-4-9-16-13-5-6-13/h7-8,11,13,16-17H,3-6,9-10H2,1-2H3. The second kappa shape index (κ2) is 7.24. The van der Waals surface area contributed by atoms with E-state index < -0.39 is 10.0 Å². The normalized spacial score (nSPS) is 15.1. The summed E-state index contributed by atoms with van der Waals surface area (Å²) in [6.45, 7) is 5.63. The lowest BCUT2D eigenvalue weighted by Gasteiger charge is -2.11. The van der Waals surface area contributed by atoms with E-state index >= 15 is 0 Å². The topological polar surface area (TPSA) is 67.4 Å². The average Bonchev–Trinajstić information content (AvgIpc) is 3.25. The summed E-state index contributed by atoms with van der Waals surface area (Å²) in [4.78, 5) is 0.290. The van der Waals surface area contributed by atoms with Gasteiger partial charge in [0.15, 0.2) is 0 Å². The van der Waals surface area contributed by atoms with Gasteiger partial charge in [-0.05, 0) is 63.4 Å². The summed E-state index contributed by atoms with van der Waals surface area (Å²) in [5, 5.41) is 3.36. The largest absolute Gasteiger partial charge is 0.494 e. The lowest BCUT2D eigenvalue weighted by Crippen LogP contribution is -2.28. The van der Waals surface area contributed by atoms with Crippen LogP contribution >= 0.6 is 0 Å². The van der Waals surface area contributed by atoms with Gasteiger partial charge in [-0.2, -0.15) is 0 Å². The summed E-state index contributed by atoms with van der Waals surface area (Å²) >= 11 is 0. The van der Waals surface area contributed by atoms with E-state index in [1.807, 2.05) is 13.8 Å². The van der Waals surface area contributed by atoms with Gasteiger partial charge in [-0.15, -0.1) is 0 Å². The highest BCUT2D eigenvalue weighted by Gasteiger charge is 2.20. The Hall–Kier alpha value is -1.11. The van der Waals surface area contributed by atoms with Gasteiger partial charge in [-0.25, -0.2) is 13.1 Å². The van der Waals surface area contributed by atoms with Crippen molar-refractivity contribution in [1.29, 1.82) is 0 Å². The van der Waals surface area contributed by atoms with Crippen molar-refractivity contribution < 1.29 is 13.2 Å². The Bertz CT molecular complexity index is 568. The molecule has 1 aromatic rings. The van der Waals surface area contributed by atoms with Gasteiger partial charge in [-0.3, -0.25) is 0 Å². The molecule has 0 atom stereocenters. The maximum Gasteiger partial charge on any atom is 0.240 e. The van der Waals surface area contributed by atoms with E-state index in [1.165, 1.54) is 12.8 Å². The molecule has 21 heavy (non-hydrogen) atoms. The molecule has 0 bridgehead atoms. The van der Waals surface area contributed by atoms with Crippen molar-refractivity contribution in [1.82, 2.24) is 10.0 Å². The van der Waals surface area contributed by atoms with Crippen molar-refractivity contribution in [2.75, 3.05) is 19.7 Å². The summed E-state index contributed by atoms with van der Waals surface area (Å²) in [6.07, 6.45) is 3.29. The summed E-state index contributed by atoms with van der Waals surface area (Å²) in [5.41, 5.74) is 0.829. The molecule has 0 aromatic heterocycles. The van der Waals surface area contributed by atoms with E-state index in [1.54, 1.807) is 18.2 Å². The summed E-state index contributed by atoms with van der Waals surface area (Å²) < 4.78 is 32.4. The van der Waals surface area contributed by atoms with Gasteiger partial charge in [0.05, 0.1) is 11.5 Å². The maximum absolute atomic E-state index is 12.2. The third-order valence-corrected chi connectivity index (χ3v) is 4.87. The Morgan fingerprint density at radius 3 is 2.67 bits per heavy atom. The Balaban J connectivity index is 1.86. The van der Waals surface area contributed by atoms with Gasteiger partial charge in [0.25, 0.3) is 0 Å². The highest BCUT2D eigenvalue weighted by atomic mass is 32.2. The molecule has 0 heterocycles. The lowest BCUT2D eigenvalue weighted by molar-refractivity contribution is 0.337. The number of aryl methyl sites for hydroxylation is 1.